The van der Waals surface area contributed by atoms with Gasteiger partial charge in [-0.2, -0.15) is 0 Å². The van der Waals surface area contributed by atoms with Gasteiger partial charge < -0.3 is 14.2 Å². The molecule has 0 aliphatic heterocycles. The number of ether oxygens (including phenoxy) is 3. The predicted octanol–water partition coefficient (Wildman–Crippen LogP) is 21.1. The van der Waals surface area contributed by atoms with E-state index in [2.05, 4.69) is 45.1 Å². The van der Waals surface area contributed by atoms with E-state index in [4.69, 9.17) is 14.2 Å². The second kappa shape index (κ2) is 59.5. The Bertz CT molecular complexity index is 1130. The summed E-state index contributed by atoms with van der Waals surface area (Å²) in [6.45, 7) is 6.68. The van der Waals surface area contributed by atoms with Gasteiger partial charge in [-0.15, -0.1) is 0 Å². The third-order valence-electron chi connectivity index (χ3n) is 14.2. The van der Waals surface area contributed by atoms with E-state index in [9.17, 15) is 14.4 Å². The van der Waals surface area contributed by atoms with Gasteiger partial charge in [0.15, 0.2) is 6.10 Å². The van der Waals surface area contributed by atoms with Gasteiger partial charge in [-0.25, -0.2) is 0 Å². The van der Waals surface area contributed by atoms with Crippen molar-refractivity contribution < 1.29 is 28.6 Å². The molecule has 0 rings (SSSR count). The van der Waals surface area contributed by atoms with Crippen molar-refractivity contribution in [3.8, 4) is 0 Å². The number of unbranched alkanes of at least 4 members (excludes halogenated alkanes) is 44. The monoisotopic (exact) mass is 985 g/mol. The molecule has 0 bridgehead atoms. The van der Waals surface area contributed by atoms with Crippen LogP contribution >= 0.6 is 0 Å². The van der Waals surface area contributed by atoms with E-state index in [-0.39, 0.29) is 31.1 Å². The highest BCUT2D eigenvalue weighted by atomic mass is 16.6. The maximum absolute atomic E-state index is 12.9. The minimum absolute atomic E-state index is 0.0658. The summed E-state index contributed by atoms with van der Waals surface area (Å²) < 4.78 is 16.9. The third-order valence-corrected chi connectivity index (χ3v) is 14.2. The van der Waals surface area contributed by atoms with Crippen LogP contribution in [0.3, 0.4) is 0 Å². The molecule has 0 amide bonds. The van der Waals surface area contributed by atoms with Crippen LogP contribution < -0.4 is 0 Å². The van der Waals surface area contributed by atoms with Crippen LogP contribution in [0.25, 0.3) is 0 Å². The standard InChI is InChI=1S/C64H120O6/c1-4-7-10-13-16-19-22-25-28-31-32-34-36-39-42-45-48-51-54-57-63(66)69-60-61(59-68-62(65)56-53-50-47-44-41-38-35-30-27-24-21-18-15-12-9-6-3)70-64(67)58-55-52-49-46-43-40-37-33-29-26-23-20-17-14-11-8-5-2/h16,19,22,25,61H,4-15,17-18,20-21,23-24,26-60H2,1-3H3/b19-16-,25-22-. The Labute approximate surface area is 436 Å². The number of hydrogen-bond donors (Lipinski definition) is 0. The minimum Gasteiger partial charge on any atom is -0.462 e. The summed E-state index contributed by atoms with van der Waals surface area (Å²) in [5.41, 5.74) is 0. The molecule has 70 heavy (non-hydrogen) atoms. The van der Waals surface area contributed by atoms with Gasteiger partial charge in [0.1, 0.15) is 13.2 Å². The molecule has 1 unspecified atom stereocenters. The highest BCUT2D eigenvalue weighted by Crippen LogP contribution is 2.18. The topological polar surface area (TPSA) is 78.9 Å². The third kappa shape index (κ3) is 56.8. The molecule has 412 valence electrons. The maximum atomic E-state index is 12.9. The molecule has 0 aromatic carbocycles. The predicted molar refractivity (Wildman–Crippen MR) is 303 cm³/mol. The van der Waals surface area contributed by atoms with Gasteiger partial charge in [-0.1, -0.05) is 308 Å². The molecular formula is C64H120O6. The van der Waals surface area contributed by atoms with Gasteiger partial charge in [0, 0.05) is 19.3 Å². The van der Waals surface area contributed by atoms with E-state index in [1.165, 1.54) is 250 Å². The summed E-state index contributed by atoms with van der Waals surface area (Å²) in [6.07, 6.45) is 70.3. The Hall–Kier alpha value is -2.11. The van der Waals surface area contributed by atoms with Crippen LogP contribution in [0.2, 0.25) is 0 Å². The van der Waals surface area contributed by atoms with Gasteiger partial charge >= 0.3 is 17.9 Å². The fraction of sp³-hybridized carbons (Fsp3) is 0.891. The van der Waals surface area contributed by atoms with Crippen molar-refractivity contribution in [1.29, 1.82) is 0 Å². The Morgan fingerprint density at radius 3 is 0.786 bits per heavy atom. The van der Waals surface area contributed by atoms with Crippen LogP contribution in [0.4, 0.5) is 0 Å². The second-order valence-corrected chi connectivity index (χ2v) is 21.4. The molecule has 0 aromatic heterocycles. The number of carbonyl (C=O) groups is 3. The fourth-order valence-corrected chi connectivity index (χ4v) is 9.50. The van der Waals surface area contributed by atoms with Gasteiger partial charge in [0.25, 0.3) is 0 Å². The molecule has 0 heterocycles. The smallest absolute Gasteiger partial charge is 0.306 e. The number of esters is 3. The van der Waals surface area contributed by atoms with Crippen molar-refractivity contribution in [1.82, 2.24) is 0 Å². The molecule has 0 saturated heterocycles. The van der Waals surface area contributed by atoms with Crippen LogP contribution in [-0.2, 0) is 28.6 Å². The molecule has 0 aliphatic rings. The van der Waals surface area contributed by atoms with Gasteiger partial charge in [0.2, 0.25) is 0 Å². The van der Waals surface area contributed by atoms with E-state index < -0.39 is 6.10 Å². The zero-order chi connectivity index (χ0) is 50.7. The lowest BCUT2D eigenvalue weighted by Gasteiger charge is -2.18. The first-order valence-corrected chi connectivity index (χ1v) is 31.4. The summed E-state index contributed by atoms with van der Waals surface area (Å²) >= 11 is 0. The fourth-order valence-electron chi connectivity index (χ4n) is 9.50. The Morgan fingerprint density at radius 1 is 0.286 bits per heavy atom. The lowest BCUT2D eigenvalue weighted by atomic mass is 10.0. The average molecular weight is 986 g/mol. The van der Waals surface area contributed by atoms with E-state index in [0.717, 1.165) is 57.8 Å². The Morgan fingerprint density at radius 2 is 0.500 bits per heavy atom. The van der Waals surface area contributed by atoms with Crippen LogP contribution in [0.15, 0.2) is 24.3 Å². The van der Waals surface area contributed by atoms with Gasteiger partial charge in [-0.3, -0.25) is 14.4 Å². The lowest BCUT2D eigenvalue weighted by molar-refractivity contribution is -0.167. The highest BCUT2D eigenvalue weighted by molar-refractivity contribution is 5.71. The molecule has 6 nitrogen and oxygen atoms in total. The van der Waals surface area contributed by atoms with E-state index >= 15 is 0 Å². The molecule has 6 heteroatoms. The number of hydrogen-bond acceptors (Lipinski definition) is 6. The van der Waals surface area contributed by atoms with Crippen molar-refractivity contribution >= 4 is 17.9 Å². The summed E-state index contributed by atoms with van der Waals surface area (Å²) in [6, 6.07) is 0. The largest absolute Gasteiger partial charge is 0.462 e. The molecular weight excluding hydrogens is 865 g/mol. The van der Waals surface area contributed by atoms with Crippen LogP contribution in [0.5, 0.6) is 0 Å². The normalized spacial score (nSPS) is 12.1. The highest BCUT2D eigenvalue weighted by Gasteiger charge is 2.19. The van der Waals surface area contributed by atoms with Gasteiger partial charge in [0.05, 0.1) is 0 Å². The summed E-state index contributed by atoms with van der Waals surface area (Å²) in [5, 5.41) is 0. The lowest BCUT2D eigenvalue weighted by Crippen LogP contribution is -2.30. The number of allylic oxidation sites excluding steroid dienone is 4. The Balaban J connectivity index is 4.31. The maximum Gasteiger partial charge on any atom is 0.306 e. The van der Waals surface area contributed by atoms with E-state index in [1.54, 1.807) is 0 Å². The van der Waals surface area contributed by atoms with Crippen LogP contribution in [0.1, 0.15) is 348 Å². The molecule has 0 aromatic rings. The second-order valence-electron chi connectivity index (χ2n) is 21.4. The summed E-state index contributed by atoms with van der Waals surface area (Å²) in [5.74, 6) is -0.841. The number of rotatable bonds is 58. The first-order chi connectivity index (χ1) is 34.5. The zero-order valence-electron chi connectivity index (χ0n) is 47.3. The molecule has 0 fully saturated rings. The molecule has 0 saturated carbocycles. The Kier molecular flexibility index (Phi) is 57.7. The zero-order valence-corrected chi connectivity index (χ0v) is 47.3. The SMILES string of the molecule is CCCCC/C=C\C=C/CCCCCCCCCCCCC(=O)OCC(COC(=O)CCCCCCCCCCCCCCCCCC)OC(=O)CCCCCCCCCCCCCCCCCCC. The van der Waals surface area contributed by atoms with E-state index in [0.29, 0.717) is 19.3 Å². The van der Waals surface area contributed by atoms with E-state index in [1.807, 2.05) is 0 Å². The quantitative estimate of drug-likeness (QED) is 0.0261. The van der Waals surface area contributed by atoms with Crippen LogP contribution in [0, 0.1) is 0 Å². The van der Waals surface area contributed by atoms with Crippen molar-refractivity contribution in [2.75, 3.05) is 13.2 Å². The van der Waals surface area contributed by atoms with Crippen molar-refractivity contribution in [2.45, 2.75) is 354 Å². The van der Waals surface area contributed by atoms with Crippen molar-refractivity contribution in [2.24, 2.45) is 0 Å². The first kappa shape index (κ1) is 67.9. The summed E-state index contributed by atoms with van der Waals surface area (Å²) in [7, 11) is 0. The van der Waals surface area contributed by atoms with Crippen molar-refractivity contribution in [3.05, 3.63) is 24.3 Å². The first-order valence-electron chi connectivity index (χ1n) is 31.4. The average Bonchev–Trinajstić information content (AvgIpc) is 3.36. The van der Waals surface area contributed by atoms with Crippen molar-refractivity contribution in [3.63, 3.8) is 0 Å². The molecule has 0 N–H and O–H groups in total. The molecule has 0 radical (unpaired) electrons. The summed E-state index contributed by atoms with van der Waals surface area (Å²) in [4.78, 5) is 38.3. The molecule has 1 atom stereocenters. The van der Waals surface area contributed by atoms with Gasteiger partial charge in [-0.05, 0) is 44.9 Å². The number of carbonyl (C=O) groups excluding carboxylic acids is 3. The minimum atomic E-state index is -0.768. The van der Waals surface area contributed by atoms with Crippen LogP contribution in [-0.4, -0.2) is 37.2 Å². The molecule has 0 aliphatic carbocycles. The molecule has 0 spiro atoms.